The number of hydrogen-bond acceptors (Lipinski definition) is 3. The molecule has 0 unspecified atom stereocenters. The summed E-state index contributed by atoms with van der Waals surface area (Å²) in [6, 6.07) is 3.36. The number of aromatic nitrogens is 2. The molecule has 3 nitrogen and oxygen atoms in total. The normalized spacial score (nSPS) is 10.8. The Hall–Kier alpha value is -1.20. The van der Waals surface area contributed by atoms with Crippen molar-refractivity contribution in [1.29, 1.82) is 0 Å². The van der Waals surface area contributed by atoms with Gasteiger partial charge in [-0.05, 0) is 48.3 Å². The summed E-state index contributed by atoms with van der Waals surface area (Å²) in [5, 5.41) is 3.25. The summed E-state index contributed by atoms with van der Waals surface area (Å²) in [5.74, 6) is 0.0837. The summed E-state index contributed by atoms with van der Waals surface area (Å²) in [5.41, 5.74) is 2.42. The van der Waals surface area contributed by atoms with Crippen LogP contribution in [0.4, 0.5) is 10.2 Å². The van der Waals surface area contributed by atoms with Crippen LogP contribution < -0.4 is 5.32 Å². The van der Waals surface area contributed by atoms with E-state index in [1.807, 2.05) is 13.8 Å². The number of hydrogen-bond donors (Lipinski definition) is 1. The van der Waals surface area contributed by atoms with Gasteiger partial charge in [-0.3, -0.25) is 0 Å². The Labute approximate surface area is 137 Å². The van der Waals surface area contributed by atoms with Gasteiger partial charge in [0, 0.05) is 16.6 Å². The highest BCUT2D eigenvalue weighted by atomic mass is 79.9. The molecule has 2 aromatic rings. The fraction of sp³-hybridized carbons (Fsp3) is 0.333. The minimum atomic E-state index is -0.497. The van der Waals surface area contributed by atoms with E-state index >= 15 is 0 Å². The van der Waals surface area contributed by atoms with Crippen molar-refractivity contribution in [2.24, 2.45) is 0 Å². The summed E-state index contributed by atoms with van der Waals surface area (Å²) in [6.07, 6.45) is 0.942. The maximum Gasteiger partial charge on any atom is 0.153 e. The Bertz CT molecular complexity index is 676. The molecule has 0 fully saturated rings. The van der Waals surface area contributed by atoms with Crippen molar-refractivity contribution in [1.82, 2.24) is 9.97 Å². The van der Waals surface area contributed by atoms with Gasteiger partial charge in [0.05, 0.1) is 16.4 Å². The van der Waals surface area contributed by atoms with Crippen LogP contribution >= 0.6 is 27.5 Å². The van der Waals surface area contributed by atoms with Crippen molar-refractivity contribution >= 4 is 33.3 Å². The van der Waals surface area contributed by atoms with Crippen LogP contribution in [-0.4, -0.2) is 16.5 Å². The summed E-state index contributed by atoms with van der Waals surface area (Å²) in [7, 11) is 0. The molecule has 0 aliphatic carbocycles. The molecule has 1 N–H and O–H groups in total. The lowest BCUT2D eigenvalue weighted by Gasteiger charge is -2.14. The Morgan fingerprint density at radius 2 is 1.90 bits per heavy atom. The van der Waals surface area contributed by atoms with E-state index in [4.69, 9.17) is 11.6 Å². The van der Waals surface area contributed by atoms with E-state index in [0.29, 0.717) is 21.5 Å². The Kier molecular flexibility index (Phi) is 5.17. The molecule has 0 aliphatic heterocycles. The predicted octanol–water partition coefficient (Wildman–Crippen LogP) is 5.14. The van der Waals surface area contributed by atoms with Crippen LogP contribution in [0.2, 0.25) is 5.02 Å². The van der Waals surface area contributed by atoms with E-state index in [9.17, 15) is 4.39 Å². The van der Waals surface area contributed by atoms with Crippen LogP contribution in [0.3, 0.4) is 0 Å². The van der Waals surface area contributed by atoms with Gasteiger partial charge in [0.2, 0.25) is 0 Å². The van der Waals surface area contributed by atoms with Crippen molar-refractivity contribution in [3.63, 3.8) is 0 Å². The van der Waals surface area contributed by atoms with E-state index in [0.717, 1.165) is 24.4 Å². The SMILES string of the molecule is CCCNc1nc(C)c(C)nc1-c1ccc(Br)c(Cl)c1F. The van der Waals surface area contributed by atoms with Gasteiger partial charge in [-0.2, -0.15) is 0 Å². The van der Waals surface area contributed by atoms with Gasteiger partial charge in [0.25, 0.3) is 0 Å². The molecule has 2 rings (SSSR count). The van der Waals surface area contributed by atoms with Crippen LogP contribution in [0.25, 0.3) is 11.3 Å². The van der Waals surface area contributed by atoms with Crippen LogP contribution in [0.15, 0.2) is 16.6 Å². The Morgan fingerprint density at radius 1 is 1.24 bits per heavy atom. The second-order valence-electron chi connectivity index (χ2n) is 4.74. The molecule has 112 valence electrons. The monoisotopic (exact) mass is 371 g/mol. The standard InChI is InChI=1S/C15H16BrClFN3/c1-4-7-19-15-14(20-8(2)9(3)21-15)10-5-6-11(16)12(17)13(10)18/h5-6H,4,7H2,1-3H3,(H,19,21). The van der Waals surface area contributed by atoms with Crippen LogP contribution in [-0.2, 0) is 0 Å². The average molecular weight is 373 g/mol. The molecular formula is C15H16BrClFN3. The summed E-state index contributed by atoms with van der Waals surface area (Å²) < 4.78 is 14.9. The second-order valence-corrected chi connectivity index (χ2v) is 5.97. The molecule has 0 bridgehead atoms. The first kappa shape index (κ1) is 16.2. The van der Waals surface area contributed by atoms with Gasteiger partial charge in [-0.15, -0.1) is 0 Å². The number of benzene rings is 1. The van der Waals surface area contributed by atoms with Crippen molar-refractivity contribution in [3.05, 3.63) is 38.8 Å². The Balaban J connectivity index is 2.62. The predicted molar refractivity (Wildman–Crippen MR) is 88.4 cm³/mol. The Morgan fingerprint density at radius 3 is 2.57 bits per heavy atom. The topological polar surface area (TPSA) is 37.8 Å². The molecule has 1 heterocycles. The summed E-state index contributed by atoms with van der Waals surface area (Å²) in [6.45, 7) is 6.54. The maximum absolute atomic E-state index is 14.4. The number of rotatable bonds is 4. The first-order valence-corrected chi connectivity index (χ1v) is 7.85. The van der Waals surface area contributed by atoms with Gasteiger partial charge >= 0.3 is 0 Å². The molecule has 6 heteroatoms. The minimum Gasteiger partial charge on any atom is -0.368 e. The van der Waals surface area contributed by atoms with E-state index < -0.39 is 5.82 Å². The number of halogens is 3. The van der Waals surface area contributed by atoms with Crippen LogP contribution in [0.5, 0.6) is 0 Å². The summed E-state index contributed by atoms with van der Waals surface area (Å²) in [4.78, 5) is 8.97. The molecule has 0 saturated heterocycles. The zero-order valence-corrected chi connectivity index (χ0v) is 14.4. The molecule has 0 radical (unpaired) electrons. The maximum atomic E-state index is 14.4. The number of aryl methyl sites for hydroxylation is 2. The lowest BCUT2D eigenvalue weighted by Crippen LogP contribution is -2.08. The number of nitrogens with zero attached hydrogens (tertiary/aromatic N) is 2. The fourth-order valence-electron chi connectivity index (χ4n) is 1.87. The van der Waals surface area contributed by atoms with Crippen molar-refractivity contribution in [3.8, 4) is 11.3 Å². The molecule has 0 spiro atoms. The third-order valence-electron chi connectivity index (χ3n) is 3.14. The molecule has 1 aromatic heterocycles. The molecule has 0 saturated carbocycles. The van der Waals surface area contributed by atoms with Gasteiger partial charge in [0.1, 0.15) is 5.69 Å². The molecule has 21 heavy (non-hydrogen) atoms. The van der Waals surface area contributed by atoms with Gasteiger partial charge < -0.3 is 5.32 Å². The third-order valence-corrected chi connectivity index (χ3v) is 4.40. The van der Waals surface area contributed by atoms with Crippen molar-refractivity contribution in [2.75, 3.05) is 11.9 Å². The zero-order valence-electron chi connectivity index (χ0n) is 12.1. The molecule has 0 atom stereocenters. The number of anilines is 1. The summed E-state index contributed by atoms with van der Waals surface area (Å²) >= 11 is 9.19. The minimum absolute atomic E-state index is 0.0500. The quantitative estimate of drug-likeness (QED) is 0.755. The molecule has 0 aliphatic rings. The molecule has 0 amide bonds. The van der Waals surface area contributed by atoms with E-state index in [-0.39, 0.29) is 5.02 Å². The molecular weight excluding hydrogens is 357 g/mol. The highest BCUT2D eigenvalue weighted by Gasteiger charge is 2.18. The van der Waals surface area contributed by atoms with E-state index in [1.165, 1.54) is 0 Å². The van der Waals surface area contributed by atoms with Crippen molar-refractivity contribution < 1.29 is 4.39 Å². The zero-order chi connectivity index (χ0) is 15.6. The fourth-order valence-corrected chi connectivity index (χ4v) is 2.34. The third kappa shape index (κ3) is 3.35. The first-order chi connectivity index (χ1) is 9.95. The highest BCUT2D eigenvalue weighted by Crippen LogP contribution is 2.35. The lowest BCUT2D eigenvalue weighted by atomic mass is 10.1. The van der Waals surface area contributed by atoms with E-state index in [2.05, 4.69) is 38.1 Å². The average Bonchev–Trinajstić information content (AvgIpc) is 2.46. The molecule has 1 aromatic carbocycles. The van der Waals surface area contributed by atoms with Gasteiger partial charge in [0.15, 0.2) is 11.6 Å². The van der Waals surface area contributed by atoms with Gasteiger partial charge in [-0.1, -0.05) is 18.5 Å². The largest absolute Gasteiger partial charge is 0.368 e. The second kappa shape index (κ2) is 6.71. The van der Waals surface area contributed by atoms with E-state index in [1.54, 1.807) is 12.1 Å². The van der Waals surface area contributed by atoms with Crippen LogP contribution in [0.1, 0.15) is 24.7 Å². The first-order valence-electron chi connectivity index (χ1n) is 6.68. The van der Waals surface area contributed by atoms with Gasteiger partial charge in [-0.25, -0.2) is 14.4 Å². The van der Waals surface area contributed by atoms with Crippen molar-refractivity contribution in [2.45, 2.75) is 27.2 Å². The van der Waals surface area contributed by atoms with Crippen LogP contribution in [0, 0.1) is 19.7 Å². The highest BCUT2D eigenvalue weighted by molar-refractivity contribution is 9.10. The lowest BCUT2D eigenvalue weighted by molar-refractivity contribution is 0.630. The smallest absolute Gasteiger partial charge is 0.153 e. The number of nitrogens with one attached hydrogen (secondary N) is 1.